The first-order chi connectivity index (χ1) is 9.32. The van der Waals surface area contributed by atoms with Gasteiger partial charge in [-0.1, -0.05) is 13.8 Å². The molecule has 0 aromatic carbocycles. The smallest absolute Gasteiger partial charge is 0.308 e. The maximum atomic E-state index is 12.1. The molecule has 3 unspecified atom stereocenters. The summed E-state index contributed by atoms with van der Waals surface area (Å²) in [6.07, 6.45) is 2.02. The molecular formula is C15H27NO4. The highest BCUT2D eigenvalue weighted by atomic mass is 16.5. The van der Waals surface area contributed by atoms with Crippen LogP contribution in [0.15, 0.2) is 0 Å². The molecule has 116 valence electrons. The van der Waals surface area contributed by atoms with Gasteiger partial charge in [0.1, 0.15) is 0 Å². The van der Waals surface area contributed by atoms with E-state index < -0.39 is 11.9 Å². The Morgan fingerprint density at radius 1 is 1.35 bits per heavy atom. The van der Waals surface area contributed by atoms with E-state index in [0.717, 1.165) is 6.42 Å². The van der Waals surface area contributed by atoms with Crippen molar-refractivity contribution >= 4 is 11.9 Å². The van der Waals surface area contributed by atoms with Crippen molar-refractivity contribution in [3.8, 4) is 0 Å². The number of carbonyl (C=O) groups is 2. The van der Waals surface area contributed by atoms with Gasteiger partial charge in [0.15, 0.2) is 0 Å². The number of carboxylic acid groups (broad SMARTS) is 1. The Bertz CT molecular complexity index is 343. The Balaban J connectivity index is 2.32. The number of likely N-dealkylation sites (tertiary alicyclic amines) is 1. The molecule has 1 aliphatic heterocycles. The number of hydrogen-bond acceptors (Lipinski definition) is 3. The van der Waals surface area contributed by atoms with Crippen LogP contribution in [-0.2, 0) is 14.3 Å². The maximum Gasteiger partial charge on any atom is 0.308 e. The highest BCUT2D eigenvalue weighted by Crippen LogP contribution is 2.24. The van der Waals surface area contributed by atoms with E-state index in [2.05, 4.69) is 13.8 Å². The molecule has 0 saturated carbocycles. The van der Waals surface area contributed by atoms with E-state index in [4.69, 9.17) is 9.84 Å². The number of carboxylic acids is 1. The molecule has 1 N–H and O–H groups in total. The number of rotatable bonds is 7. The van der Waals surface area contributed by atoms with Gasteiger partial charge in [0, 0.05) is 12.6 Å². The standard InChI is InChI=1S/C15H27NO4/c1-10(2)9-11(3)20-8-6-14(17)16-7-5-13(12(16)4)15(18)19/h10-13H,5-9H2,1-4H3,(H,18,19). The Kier molecular flexibility index (Phi) is 6.46. The van der Waals surface area contributed by atoms with Gasteiger partial charge in [-0.15, -0.1) is 0 Å². The molecule has 1 heterocycles. The van der Waals surface area contributed by atoms with Crippen molar-refractivity contribution in [2.24, 2.45) is 11.8 Å². The molecule has 0 aliphatic carbocycles. The van der Waals surface area contributed by atoms with Gasteiger partial charge in [-0.25, -0.2) is 0 Å². The normalized spacial score (nSPS) is 24.1. The molecule has 5 heteroatoms. The number of amides is 1. The van der Waals surface area contributed by atoms with Crippen LogP contribution < -0.4 is 0 Å². The molecule has 1 amide bonds. The van der Waals surface area contributed by atoms with Crippen molar-refractivity contribution in [2.45, 2.75) is 59.1 Å². The Labute approximate surface area is 121 Å². The van der Waals surface area contributed by atoms with E-state index in [1.54, 1.807) is 4.90 Å². The van der Waals surface area contributed by atoms with Crippen LogP contribution in [0.4, 0.5) is 0 Å². The topological polar surface area (TPSA) is 66.8 Å². The van der Waals surface area contributed by atoms with Crippen molar-refractivity contribution in [2.75, 3.05) is 13.2 Å². The predicted octanol–water partition coefficient (Wildman–Crippen LogP) is 2.15. The molecule has 0 bridgehead atoms. The molecular weight excluding hydrogens is 258 g/mol. The van der Waals surface area contributed by atoms with E-state index in [1.807, 2.05) is 13.8 Å². The summed E-state index contributed by atoms with van der Waals surface area (Å²) in [6.45, 7) is 9.06. The first-order valence-electron chi connectivity index (χ1n) is 7.46. The molecule has 1 rings (SSSR count). The van der Waals surface area contributed by atoms with E-state index in [-0.39, 0.29) is 18.1 Å². The second-order valence-corrected chi connectivity index (χ2v) is 6.12. The lowest BCUT2D eigenvalue weighted by Crippen LogP contribution is -2.38. The van der Waals surface area contributed by atoms with E-state index in [0.29, 0.717) is 31.9 Å². The van der Waals surface area contributed by atoms with Gasteiger partial charge in [0.2, 0.25) is 5.91 Å². The van der Waals surface area contributed by atoms with Gasteiger partial charge >= 0.3 is 5.97 Å². The van der Waals surface area contributed by atoms with Gasteiger partial charge in [0.25, 0.3) is 0 Å². The second kappa shape index (κ2) is 7.62. The number of nitrogens with zero attached hydrogens (tertiary/aromatic N) is 1. The SMILES string of the molecule is CC(C)CC(C)OCCC(=O)N1CCC(C(=O)O)C1C. The fourth-order valence-corrected chi connectivity index (χ4v) is 2.84. The van der Waals surface area contributed by atoms with Crippen molar-refractivity contribution in [1.82, 2.24) is 4.90 Å². The summed E-state index contributed by atoms with van der Waals surface area (Å²) >= 11 is 0. The van der Waals surface area contributed by atoms with Crippen LogP contribution in [0.3, 0.4) is 0 Å². The number of ether oxygens (including phenoxy) is 1. The van der Waals surface area contributed by atoms with Crippen LogP contribution in [0.1, 0.15) is 47.0 Å². The largest absolute Gasteiger partial charge is 0.481 e. The molecule has 0 aromatic rings. The molecule has 3 atom stereocenters. The van der Waals surface area contributed by atoms with Crippen LogP contribution >= 0.6 is 0 Å². The number of aliphatic carboxylic acids is 1. The summed E-state index contributed by atoms with van der Waals surface area (Å²) in [7, 11) is 0. The lowest BCUT2D eigenvalue weighted by Gasteiger charge is -2.23. The fraction of sp³-hybridized carbons (Fsp3) is 0.867. The fourth-order valence-electron chi connectivity index (χ4n) is 2.84. The van der Waals surface area contributed by atoms with Gasteiger partial charge in [-0.2, -0.15) is 0 Å². The summed E-state index contributed by atoms with van der Waals surface area (Å²) < 4.78 is 5.63. The van der Waals surface area contributed by atoms with Crippen molar-refractivity contribution < 1.29 is 19.4 Å². The predicted molar refractivity (Wildman–Crippen MR) is 76.4 cm³/mol. The van der Waals surface area contributed by atoms with Crippen LogP contribution in [0, 0.1) is 11.8 Å². The zero-order valence-electron chi connectivity index (χ0n) is 13.0. The first kappa shape index (κ1) is 17.0. The highest BCUT2D eigenvalue weighted by molar-refractivity contribution is 5.79. The quantitative estimate of drug-likeness (QED) is 0.778. The summed E-state index contributed by atoms with van der Waals surface area (Å²) in [5.74, 6) is -0.664. The number of hydrogen-bond donors (Lipinski definition) is 1. The third-order valence-corrected chi connectivity index (χ3v) is 3.91. The summed E-state index contributed by atoms with van der Waals surface area (Å²) in [4.78, 5) is 24.8. The van der Waals surface area contributed by atoms with Crippen LogP contribution in [-0.4, -0.2) is 47.2 Å². The van der Waals surface area contributed by atoms with Gasteiger partial charge in [-0.3, -0.25) is 9.59 Å². The lowest BCUT2D eigenvalue weighted by molar-refractivity contribution is -0.143. The lowest BCUT2D eigenvalue weighted by atomic mass is 10.0. The first-order valence-corrected chi connectivity index (χ1v) is 7.46. The highest BCUT2D eigenvalue weighted by Gasteiger charge is 2.37. The third-order valence-electron chi connectivity index (χ3n) is 3.91. The minimum atomic E-state index is -0.811. The van der Waals surface area contributed by atoms with E-state index in [1.165, 1.54) is 0 Å². The summed E-state index contributed by atoms with van der Waals surface area (Å²) in [5, 5.41) is 9.05. The van der Waals surface area contributed by atoms with Crippen LogP contribution in [0.2, 0.25) is 0 Å². The van der Waals surface area contributed by atoms with Crippen molar-refractivity contribution in [3.05, 3.63) is 0 Å². The molecule has 1 fully saturated rings. The van der Waals surface area contributed by atoms with Gasteiger partial charge in [0.05, 0.1) is 25.0 Å². The third kappa shape index (κ3) is 4.78. The monoisotopic (exact) mass is 285 g/mol. The second-order valence-electron chi connectivity index (χ2n) is 6.12. The van der Waals surface area contributed by atoms with Crippen molar-refractivity contribution in [3.63, 3.8) is 0 Å². The molecule has 0 spiro atoms. The summed E-state index contributed by atoms with van der Waals surface area (Å²) in [5.41, 5.74) is 0. The van der Waals surface area contributed by atoms with Crippen molar-refractivity contribution in [1.29, 1.82) is 0 Å². The minimum absolute atomic E-state index is 0.00185. The maximum absolute atomic E-state index is 12.1. The van der Waals surface area contributed by atoms with Crippen LogP contribution in [0.5, 0.6) is 0 Å². The molecule has 0 radical (unpaired) electrons. The summed E-state index contributed by atoms with van der Waals surface area (Å²) in [6, 6.07) is -0.215. The Morgan fingerprint density at radius 2 is 2.00 bits per heavy atom. The van der Waals surface area contributed by atoms with Gasteiger partial charge in [-0.05, 0) is 32.6 Å². The van der Waals surface area contributed by atoms with E-state index >= 15 is 0 Å². The van der Waals surface area contributed by atoms with E-state index in [9.17, 15) is 9.59 Å². The average molecular weight is 285 g/mol. The zero-order chi connectivity index (χ0) is 15.3. The average Bonchev–Trinajstić information content (AvgIpc) is 2.69. The minimum Gasteiger partial charge on any atom is -0.481 e. The number of carbonyl (C=O) groups excluding carboxylic acids is 1. The van der Waals surface area contributed by atoms with Crippen LogP contribution in [0.25, 0.3) is 0 Å². The zero-order valence-corrected chi connectivity index (χ0v) is 13.0. The molecule has 1 aliphatic rings. The van der Waals surface area contributed by atoms with Gasteiger partial charge < -0.3 is 14.7 Å². The molecule has 5 nitrogen and oxygen atoms in total. The molecule has 20 heavy (non-hydrogen) atoms. The molecule has 1 saturated heterocycles. The molecule has 0 aromatic heterocycles. The Hall–Kier alpha value is -1.10. The Morgan fingerprint density at radius 3 is 2.50 bits per heavy atom.